The predicted octanol–water partition coefficient (Wildman–Crippen LogP) is 3.63. The van der Waals surface area contributed by atoms with Gasteiger partial charge in [0.05, 0.1) is 24.5 Å². The topological polar surface area (TPSA) is 96.4 Å². The van der Waals surface area contributed by atoms with E-state index >= 15 is 0 Å². The van der Waals surface area contributed by atoms with Gasteiger partial charge in [0.1, 0.15) is 11.6 Å². The van der Waals surface area contributed by atoms with Gasteiger partial charge in [-0.05, 0) is 55.0 Å². The number of unbranched alkanes of at least 4 members (excludes halogenated alkanes) is 1. The minimum atomic E-state index is -1.10. The van der Waals surface area contributed by atoms with E-state index in [1.54, 1.807) is 22.0 Å². The summed E-state index contributed by atoms with van der Waals surface area (Å²) in [7, 11) is 0. The van der Waals surface area contributed by atoms with Crippen molar-refractivity contribution in [2.45, 2.75) is 49.9 Å². The summed E-state index contributed by atoms with van der Waals surface area (Å²) in [5.74, 6) is -2.49. The van der Waals surface area contributed by atoms with Gasteiger partial charge in [0.25, 0.3) is 5.91 Å². The number of aliphatic hydroxyl groups excluding tert-OH is 1. The van der Waals surface area contributed by atoms with Crippen molar-refractivity contribution in [3.63, 3.8) is 0 Å². The average molecular weight is 533 g/mol. The maximum atomic E-state index is 14.5. The largest absolute Gasteiger partial charge is 0.465 e. The third-order valence-corrected chi connectivity index (χ3v) is 8.30. The number of hydrogen-bond donors (Lipinski definition) is 1. The Balaban J connectivity index is 1.52. The number of esters is 1. The fraction of sp³-hybridized carbons (Fsp3) is 0.452. The van der Waals surface area contributed by atoms with Crippen LogP contribution in [0.1, 0.15) is 32.1 Å². The van der Waals surface area contributed by atoms with E-state index in [0.717, 1.165) is 10.8 Å². The molecule has 0 saturated carbocycles. The minimum absolute atomic E-state index is 0.00821. The van der Waals surface area contributed by atoms with Gasteiger partial charge in [-0.1, -0.05) is 42.5 Å². The van der Waals surface area contributed by atoms with Crippen molar-refractivity contribution in [3.8, 4) is 0 Å². The molecule has 3 aliphatic heterocycles. The molecule has 2 amide bonds. The summed E-state index contributed by atoms with van der Waals surface area (Å²) in [5, 5.41) is 11.4. The maximum Gasteiger partial charge on any atom is 0.312 e. The van der Waals surface area contributed by atoms with Crippen LogP contribution in [0.3, 0.4) is 0 Å². The molecule has 3 aliphatic rings. The Morgan fingerprint density at radius 1 is 1.15 bits per heavy atom. The number of anilines is 1. The van der Waals surface area contributed by atoms with Gasteiger partial charge in [-0.3, -0.25) is 14.4 Å². The van der Waals surface area contributed by atoms with E-state index in [0.29, 0.717) is 44.3 Å². The van der Waals surface area contributed by atoms with Crippen LogP contribution in [-0.4, -0.2) is 71.8 Å². The van der Waals surface area contributed by atoms with Gasteiger partial charge in [0.2, 0.25) is 5.91 Å². The van der Waals surface area contributed by atoms with Crippen molar-refractivity contribution in [3.05, 3.63) is 67.8 Å². The lowest BCUT2D eigenvalue weighted by Crippen LogP contribution is -2.56. The molecule has 5 rings (SSSR count). The fourth-order valence-corrected chi connectivity index (χ4v) is 6.62. The number of likely N-dealkylation sites (tertiary alicyclic amines) is 1. The SMILES string of the molecule is C=CCCOC(=O)[C@@H]1[C@H]2C(=O)N(CCCCO)C(C(=O)N(CC=C)c3ccc4ccccc4c3)C23CC[C@H]1O3. The second-order valence-electron chi connectivity index (χ2n) is 10.5. The standard InChI is InChI=1S/C31H36N2O6/c1-3-5-19-38-30(37)25-24-14-15-31(39-24)26(25)28(35)33(17-8-9-18-34)27(31)29(36)32(16-4-2)23-13-12-21-10-6-7-11-22(21)20-23/h3-4,6-7,10-13,20,24-27,34H,1-2,5,8-9,14-19H2/t24-,25+,26+,27?,31?/m1/s1. The molecular weight excluding hydrogens is 496 g/mol. The Bertz CT molecular complexity index is 1280. The molecule has 0 aliphatic carbocycles. The van der Waals surface area contributed by atoms with Gasteiger partial charge < -0.3 is 24.4 Å². The molecule has 0 aromatic heterocycles. The first-order chi connectivity index (χ1) is 19.0. The summed E-state index contributed by atoms with van der Waals surface area (Å²) >= 11 is 0. The monoisotopic (exact) mass is 532 g/mol. The molecule has 1 spiro atoms. The molecule has 2 aromatic carbocycles. The van der Waals surface area contributed by atoms with Crippen molar-refractivity contribution >= 4 is 34.2 Å². The van der Waals surface area contributed by atoms with Crippen LogP contribution in [0.5, 0.6) is 0 Å². The number of rotatable bonds is 12. The lowest BCUT2D eigenvalue weighted by molar-refractivity contribution is -0.155. The van der Waals surface area contributed by atoms with Crippen LogP contribution in [0.15, 0.2) is 67.8 Å². The van der Waals surface area contributed by atoms with E-state index in [-0.39, 0.29) is 31.6 Å². The first-order valence-corrected chi connectivity index (χ1v) is 13.7. The summed E-state index contributed by atoms with van der Waals surface area (Å²) in [5.41, 5.74) is -0.398. The van der Waals surface area contributed by atoms with Crippen molar-refractivity contribution in [2.75, 3.05) is 31.2 Å². The Morgan fingerprint density at radius 2 is 1.95 bits per heavy atom. The van der Waals surface area contributed by atoms with Crippen molar-refractivity contribution in [1.82, 2.24) is 4.90 Å². The molecule has 2 aromatic rings. The molecule has 5 atom stereocenters. The lowest BCUT2D eigenvalue weighted by Gasteiger charge is -2.36. The van der Waals surface area contributed by atoms with Crippen LogP contribution in [0.2, 0.25) is 0 Å². The molecule has 2 bridgehead atoms. The molecule has 3 fully saturated rings. The third-order valence-electron chi connectivity index (χ3n) is 8.30. The van der Waals surface area contributed by atoms with E-state index in [4.69, 9.17) is 9.47 Å². The number of benzene rings is 2. The van der Waals surface area contributed by atoms with Crippen LogP contribution in [0.25, 0.3) is 10.8 Å². The normalized spacial score (nSPS) is 27.0. The zero-order valence-corrected chi connectivity index (χ0v) is 22.2. The minimum Gasteiger partial charge on any atom is -0.465 e. The van der Waals surface area contributed by atoms with Gasteiger partial charge in [-0.2, -0.15) is 0 Å². The number of carbonyl (C=O) groups is 3. The summed E-state index contributed by atoms with van der Waals surface area (Å²) < 4.78 is 12.0. The molecular formula is C31H36N2O6. The van der Waals surface area contributed by atoms with Crippen LogP contribution in [0, 0.1) is 11.8 Å². The Morgan fingerprint density at radius 3 is 2.69 bits per heavy atom. The molecule has 0 radical (unpaired) electrons. The Kier molecular flexibility index (Phi) is 7.86. The number of fused-ring (bicyclic) bond motifs is 2. The van der Waals surface area contributed by atoms with Gasteiger partial charge in [0.15, 0.2) is 0 Å². The molecule has 39 heavy (non-hydrogen) atoms. The number of amides is 2. The van der Waals surface area contributed by atoms with Gasteiger partial charge in [-0.25, -0.2) is 0 Å². The van der Waals surface area contributed by atoms with Crippen LogP contribution < -0.4 is 4.90 Å². The van der Waals surface area contributed by atoms with Crippen LogP contribution >= 0.6 is 0 Å². The number of carbonyl (C=O) groups excluding carboxylic acids is 3. The summed E-state index contributed by atoms with van der Waals surface area (Å²) in [4.78, 5) is 44.9. The first kappa shape index (κ1) is 27.1. The molecule has 8 heteroatoms. The molecule has 3 heterocycles. The smallest absolute Gasteiger partial charge is 0.312 e. The molecule has 3 saturated heterocycles. The molecule has 1 N–H and O–H groups in total. The first-order valence-electron chi connectivity index (χ1n) is 13.7. The number of hydrogen-bond acceptors (Lipinski definition) is 6. The van der Waals surface area contributed by atoms with E-state index in [9.17, 15) is 19.5 Å². The van der Waals surface area contributed by atoms with E-state index in [2.05, 4.69) is 13.2 Å². The quantitative estimate of drug-likeness (QED) is 0.255. The Hall–Kier alpha value is -3.49. The zero-order chi connectivity index (χ0) is 27.6. The third kappa shape index (κ3) is 4.66. The highest BCUT2D eigenvalue weighted by Crippen LogP contribution is 2.59. The lowest BCUT2D eigenvalue weighted by atomic mass is 9.70. The van der Waals surface area contributed by atoms with Crippen LogP contribution in [0.4, 0.5) is 5.69 Å². The highest BCUT2D eigenvalue weighted by Gasteiger charge is 2.75. The summed E-state index contributed by atoms with van der Waals surface area (Å²) in [6, 6.07) is 12.9. The van der Waals surface area contributed by atoms with E-state index in [1.807, 2.05) is 42.5 Å². The number of ether oxygens (including phenoxy) is 2. The Labute approximate surface area is 228 Å². The van der Waals surface area contributed by atoms with E-state index < -0.39 is 35.6 Å². The second-order valence-corrected chi connectivity index (χ2v) is 10.5. The fourth-order valence-electron chi connectivity index (χ4n) is 6.62. The zero-order valence-electron chi connectivity index (χ0n) is 22.2. The number of aliphatic hydroxyl groups is 1. The molecule has 2 unspecified atom stereocenters. The van der Waals surface area contributed by atoms with Gasteiger partial charge in [-0.15, -0.1) is 13.2 Å². The van der Waals surface area contributed by atoms with Gasteiger partial charge >= 0.3 is 5.97 Å². The van der Waals surface area contributed by atoms with Crippen LogP contribution in [-0.2, 0) is 23.9 Å². The summed E-state index contributed by atoms with van der Waals surface area (Å²) in [6.45, 7) is 8.26. The maximum absolute atomic E-state index is 14.5. The second kappa shape index (κ2) is 11.3. The molecule has 8 nitrogen and oxygen atoms in total. The predicted molar refractivity (Wildman–Crippen MR) is 148 cm³/mol. The number of nitrogens with zero attached hydrogens (tertiary/aromatic N) is 2. The highest BCUT2D eigenvalue weighted by atomic mass is 16.6. The highest BCUT2D eigenvalue weighted by molar-refractivity contribution is 6.05. The average Bonchev–Trinajstić information content (AvgIpc) is 3.59. The van der Waals surface area contributed by atoms with Crippen molar-refractivity contribution in [1.29, 1.82) is 0 Å². The molecule has 206 valence electrons. The summed E-state index contributed by atoms with van der Waals surface area (Å²) in [6.07, 6.45) is 5.52. The van der Waals surface area contributed by atoms with Gasteiger partial charge in [0, 0.05) is 25.4 Å². The van der Waals surface area contributed by atoms with Crippen molar-refractivity contribution in [2.24, 2.45) is 11.8 Å². The van der Waals surface area contributed by atoms with Crippen molar-refractivity contribution < 1.29 is 29.0 Å². The van der Waals surface area contributed by atoms with E-state index in [1.165, 1.54) is 0 Å².